The van der Waals surface area contributed by atoms with E-state index in [9.17, 15) is 4.79 Å². The molecule has 3 atom stereocenters. The molecule has 0 saturated carbocycles. The van der Waals surface area contributed by atoms with E-state index in [0.717, 1.165) is 99.6 Å². The second-order valence-corrected chi connectivity index (χ2v) is 15.5. The maximum absolute atomic E-state index is 17.3. The Balaban J connectivity index is 1.36. The van der Waals surface area contributed by atoms with Crippen molar-refractivity contribution in [2.45, 2.75) is 116 Å². The number of carbonyl (C=O) groups is 1. The van der Waals surface area contributed by atoms with Gasteiger partial charge in [-0.1, -0.05) is 6.92 Å². The molecule has 2 aliphatic heterocycles. The fourth-order valence-electron chi connectivity index (χ4n) is 7.83. The fraction of sp³-hybridized carbons (Fsp3) is 0.526. The van der Waals surface area contributed by atoms with Crippen LogP contribution in [0.15, 0.2) is 29.6 Å². The van der Waals surface area contributed by atoms with Crippen molar-refractivity contribution in [3.05, 3.63) is 47.0 Å². The second kappa shape index (κ2) is 12.9. The molecule has 1 amide bonds. The van der Waals surface area contributed by atoms with Crippen molar-refractivity contribution in [3.63, 3.8) is 0 Å². The molecule has 11 heteroatoms. The Kier molecular flexibility index (Phi) is 8.88. The number of piperidine rings is 1. The summed E-state index contributed by atoms with van der Waals surface area (Å²) in [7, 11) is 0. The van der Waals surface area contributed by atoms with Gasteiger partial charge in [0.2, 0.25) is 0 Å². The number of fused-ring (bicyclic) bond motifs is 4. The summed E-state index contributed by atoms with van der Waals surface area (Å²) in [6.07, 6.45) is 10.6. The number of likely N-dealkylation sites (tertiary alicyclic amines) is 1. The molecule has 2 saturated heterocycles. The molecule has 260 valence electrons. The third kappa shape index (κ3) is 5.86. The summed E-state index contributed by atoms with van der Waals surface area (Å²) in [5.74, 6) is -0.331. The molecule has 3 aromatic heterocycles. The van der Waals surface area contributed by atoms with Crippen molar-refractivity contribution in [1.82, 2.24) is 29.4 Å². The molecule has 49 heavy (non-hydrogen) atoms. The molecule has 2 aliphatic rings. The number of benzene rings is 2. The van der Waals surface area contributed by atoms with Crippen LogP contribution in [0.25, 0.3) is 43.8 Å². The van der Waals surface area contributed by atoms with Crippen molar-refractivity contribution in [2.24, 2.45) is 0 Å². The van der Waals surface area contributed by atoms with Crippen LogP contribution in [0.2, 0.25) is 0 Å². The number of halogens is 1. The fourth-order valence-corrected chi connectivity index (χ4v) is 8.39. The van der Waals surface area contributed by atoms with E-state index in [1.165, 1.54) is 11.8 Å². The molecular formula is C38H47FN6O3S. The largest absolute Gasteiger partial charge is 0.444 e. The third-order valence-corrected chi connectivity index (χ3v) is 11.1. The lowest BCUT2D eigenvalue weighted by Gasteiger charge is -2.39. The topological polar surface area (TPSA) is 87.3 Å². The minimum Gasteiger partial charge on any atom is -0.444 e. The van der Waals surface area contributed by atoms with Gasteiger partial charge in [-0.2, -0.15) is 10.2 Å². The van der Waals surface area contributed by atoms with Crippen molar-refractivity contribution in [2.75, 3.05) is 19.4 Å². The zero-order valence-corrected chi connectivity index (χ0v) is 30.7. The van der Waals surface area contributed by atoms with Crippen LogP contribution in [0.1, 0.15) is 95.2 Å². The summed E-state index contributed by atoms with van der Waals surface area (Å²) in [6, 6.07) is 4.28. The monoisotopic (exact) mass is 686 g/mol. The number of aromatic nitrogens is 5. The van der Waals surface area contributed by atoms with Gasteiger partial charge in [0.05, 0.1) is 34.9 Å². The smallest absolute Gasteiger partial charge is 0.410 e. The zero-order chi connectivity index (χ0) is 34.8. The van der Waals surface area contributed by atoms with E-state index in [4.69, 9.17) is 24.7 Å². The van der Waals surface area contributed by atoms with Crippen LogP contribution in [0.3, 0.4) is 0 Å². The van der Waals surface area contributed by atoms with E-state index < -0.39 is 5.60 Å². The minimum absolute atomic E-state index is 0.0117. The van der Waals surface area contributed by atoms with Crippen LogP contribution in [-0.4, -0.2) is 66.6 Å². The van der Waals surface area contributed by atoms with Crippen LogP contribution in [0, 0.1) is 26.6 Å². The number of ether oxygens (including phenoxy) is 2. The summed E-state index contributed by atoms with van der Waals surface area (Å²) in [5.41, 5.74) is 5.98. The number of carbonyl (C=O) groups excluding carboxylic acids is 1. The Morgan fingerprint density at radius 3 is 2.47 bits per heavy atom. The van der Waals surface area contributed by atoms with E-state index in [0.29, 0.717) is 17.6 Å². The zero-order valence-electron chi connectivity index (χ0n) is 29.9. The average Bonchev–Trinajstić information content (AvgIpc) is 3.71. The number of thioether (sulfide) groups is 1. The molecule has 0 aliphatic carbocycles. The van der Waals surface area contributed by atoms with Gasteiger partial charge in [0.15, 0.2) is 12.0 Å². The summed E-state index contributed by atoms with van der Waals surface area (Å²) < 4.78 is 33.2. The third-order valence-electron chi connectivity index (χ3n) is 10.4. The highest BCUT2D eigenvalue weighted by atomic mass is 32.2. The SMILES string of the molecule is CC[C@@H]1C[C@@H](n2ncc3c(SC)nc4c(F)c(-c5c(C)c(C)cc6c5cnn6C5CCCCO5)c(C)cc4c32)CCN1C(=O)OC(C)(C)C. The van der Waals surface area contributed by atoms with Gasteiger partial charge in [-0.15, -0.1) is 11.8 Å². The lowest BCUT2D eigenvalue weighted by Crippen LogP contribution is -2.48. The number of rotatable bonds is 5. The lowest BCUT2D eigenvalue weighted by atomic mass is 9.89. The lowest BCUT2D eigenvalue weighted by molar-refractivity contribution is -0.0366. The Morgan fingerprint density at radius 1 is 1.02 bits per heavy atom. The number of hydrogen-bond donors (Lipinski definition) is 0. The van der Waals surface area contributed by atoms with E-state index in [1.807, 2.05) is 55.9 Å². The van der Waals surface area contributed by atoms with Gasteiger partial charge < -0.3 is 14.4 Å². The molecule has 9 nitrogen and oxygen atoms in total. The Morgan fingerprint density at radius 2 is 1.78 bits per heavy atom. The van der Waals surface area contributed by atoms with Gasteiger partial charge >= 0.3 is 6.09 Å². The standard InChI is InChI=1S/C38H47FN6O3S/c1-9-24-18-25(13-14-43(24)37(46)48-38(5,6)7)44-35-26-16-22(3)31(33(39)34(26)42-36(49-8)28(35)20-40-44)32-23(4)21(2)17-29-27(32)19-41-45(29)30-12-10-11-15-47-30/h16-17,19-20,24-25,30H,9-15,18H2,1-8H3/t24-,25+,30?/m1/s1. The molecule has 1 unspecified atom stereocenters. The van der Waals surface area contributed by atoms with Crippen LogP contribution in [0.5, 0.6) is 0 Å². The quantitative estimate of drug-likeness (QED) is 0.170. The number of amides is 1. The number of hydrogen-bond acceptors (Lipinski definition) is 7. The van der Waals surface area contributed by atoms with Crippen molar-refractivity contribution in [1.29, 1.82) is 0 Å². The molecule has 0 radical (unpaired) electrons. The molecular weight excluding hydrogens is 640 g/mol. The highest BCUT2D eigenvalue weighted by Crippen LogP contribution is 2.43. The average molecular weight is 687 g/mol. The Labute approximate surface area is 291 Å². The van der Waals surface area contributed by atoms with Gasteiger partial charge in [0, 0.05) is 35.5 Å². The van der Waals surface area contributed by atoms with Crippen molar-refractivity contribution in [3.8, 4) is 11.1 Å². The van der Waals surface area contributed by atoms with Gasteiger partial charge in [-0.25, -0.2) is 18.9 Å². The summed E-state index contributed by atoms with van der Waals surface area (Å²) in [4.78, 5) is 19.9. The predicted molar refractivity (Wildman–Crippen MR) is 194 cm³/mol. The summed E-state index contributed by atoms with van der Waals surface area (Å²) >= 11 is 1.50. The highest BCUT2D eigenvalue weighted by molar-refractivity contribution is 7.98. The predicted octanol–water partition coefficient (Wildman–Crippen LogP) is 9.44. The maximum Gasteiger partial charge on any atom is 0.410 e. The molecule has 0 spiro atoms. The number of aryl methyl sites for hydroxylation is 2. The number of nitrogens with zero attached hydrogens (tertiary/aromatic N) is 6. The van der Waals surface area contributed by atoms with Crippen LogP contribution >= 0.6 is 11.8 Å². The van der Waals surface area contributed by atoms with Gasteiger partial charge in [0.25, 0.3) is 0 Å². The van der Waals surface area contributed by atoms with Gasteiger partial charge in [0.1, 0.15) is 16.1 Å². The van der Waals surface area contributed by atoms with E-state index >= 15 is 4.39 Å². The molecule has 2 aromatic carbocycles. The highest BCUT2D eigenvalue weighted by Gasteiger charge is 2.35. The first-order chi connectivity index (χ1) is 23.4. The van der Waals surface area contributed by atoms with E-state index in [-0.39, 0.29) is 30.2 Å². The summed E-state index contributed by atoms with van der Waals surface area (Å²) in [6.45, 7) is 15.2. The van der Waals surface area contributed by atoms with Crippen molar-refractivity contribution >= 4 is 50.6 Å². The molecule has 5 heterocycles. The summed E-state index contributed by atoms with van der Waals surface area (Å²) in [5, 5.41) is 13.0. The van der Waals surface area contributed by atoms with E-state index in [2.05, 4.69) is 37.6 Å². The van der Waals surface area contributed by atoms with Gasteiger partial charge in [-0.05, 0) is 121 Å². The normalized spacial score (nSPS) is 20.5. The minimum atomic E-state index is -0.557. The van der Waals surface area contributed by atoms with Crippen LogP contribution in [-0.2, 0) is 9.47 Å². The first kappa shape index (κ1) is 33.8. The second-order valence-electron chi connectivity index (χ2n) is 14.7. The maximum atomic E-state index is 17.3. The van der Waals surface area contributed by atoms with Gasteiger partial charge in [-0.3, -0.25) is 4.68 Å². The number of pyridine rings is 1. The molecule has 0 bridgehead atoms. The van der Waals surface area contributed by atoms with E-state index in [1.54, 1.807) is 0 Å². The van der Waals surface area contributed by atoms with Crippen LogP contribution < -0.4 is 0 Å². The molecule has 7 rings (SSSR count). The Bertz CT molecular complexity index is 2080. The molecule has 0 N–H and O–H groups in total. The first-order valence-electron chi connectivity index (χ1n) is 17.5. The van der Waals surface area contributed by atoms with Crippen LogP contribution in [0.4, 0.5) is 9.18 Å². The molecule has 2 fully saturated rings. The Hall–Kier alpha value is -3.70. The first-order valence-corrected chi connectivity index (χ1v) is 18.8. The molecule has 5 aromatic rings. The van der Waals surface area contributed by atoms with Crippen molar-refractivity contribution < 1.29 is 18.7 Å².